The topological polar surface area (TPSA) is 126 Å². The highest BCUT2D eigenvalue weighted by molar-refractivity contribution is 7.55. The second-order valence-electron chi connectivity index (χ2n) is 8.94. The summed E-state index contributed by atoms with van der Waals surface area (Å²) in [5, 5.41) is 8.57. The summed E-state index contributed by atoms with van der Waals surface area (Å²) in [6, 6.07) is 12.7. The van der Waals surface area contributed by atoms with E-state index in [9.17, 15) is 18.9 Å². The van der Waals surface area contributed by atoms with Crippen LogP contribution in [0.25, 0.3) is 0 Å². The van der Waals surface area contributed by atoms with Crippen LogP contribution in [0.4, 0.5) is 11.4 Å². The number of carbonyl (C=O) groups excluding carboxylic acids is 3. The molecule has 2 aliphatic rings. The smallest absolute Gasteiger partial charge is 0.415 e. The molecule has 1 unspecified atom stereocenters. The van der Waals surface area contributed by atoms with Gasteiger partial charge in [0.1, 0.15) is 11.5 Å². The highest BCUT2D eigenvalue weighted by atomic mass is 35.5. The molecule has 200 valence electrons. The van der Waals surface area contributed by atoms with Crippen molar-refractivity contribution in [1.82, 2.24) is 10.2 Å². The largest absolute Gasteiger partial charge is 0.453 e. The first-order valence-corrected chi connectivity index (χ1v) is 13.6. The lowest BCUT2D eigenvalue weighted by molar-refractivity contribution is -0.132. The lowest BCUT2D eigenvalue weighted by Gasteiger charge is -2.32. The van der Waals surface area contributed by atoms with Crippen LogP contribution in [0.15, 0.2) is 48.5 Å². The van der Waals surface area contributed by atoms with E-state index in [0.717, 1.165) is 19.4 Å². The molecule has 0 aromatic heterocycles. The number of benzene rings is 2. The molecule has 0 aliphatic carbocycles. The highest BCUT2D eigenvalue weighted by Crippen LogP contribution is 2.57. The summed E-state index contributed by atoms with van der Waals surface area (Å²) in [5.41, 5.74) is 1.15. The summed E-state index contributed by atoms with van der Waals surface area (Å²) < 4.78 is 26.5. The number of rotatable bonds is 8. The van der Waals surface area contributed by atoms with Crippen LogP contribution in [0.5, 0.6) is 11.5 Å². The molecule has 2 aliphatic heterocycles. The molecule has 3 N–H and O–H groups in total. The average molecular weight is 551 g/mol. The van der Waals surface area contributed by atoms with Crippen molar-refractivity contribution in [2.45, 2.75) is 51.4 Å². The van der Waals surface area contributed by atoms with Gasteiger partial charge in [0.2, 0.25) is 17.7 Å². The van der Waals surface area contributed by atoms with Crippen LogP contribution in [-0.2, 0) is 18.9 Å². The van der Waals surface area contributed by atoms with Crippen LogP contribution in [0.1, 0.15) is 39.5 Å². The third-order valence-corrected chi connectivity index (χ3v) is 8.24. The fourth-order valence-electron chi connectivity index (χ4n) is 4.47. The van der Waals surface area contributed by atoms with Gasteiger partial charge in [0, 0.05) is 31.8 Å². The van der Waals surface area contributed by atoms with Crippen LogP contribution < -0.4 is 25.0 Å². The van der Waals surface area contributed by atoms with E-state index in [1.807, 2.05) is 0 Å². The van der Waals surface area contributed by atoms with Gasteiger partial charge in [-0.25, -0.2) is 4.57 Å². The Hall–Kier alpha value is -3.07. The van der Waals surface area contributed by atoms with Gasteiger partial charge in [-0.05, 0) is 80.8 Å². The molecule has 0 spiro atoms. The van der Waals surface area contributed by atoms with Gasteiger partial charge in [-0.3, -0.25) is 14.4 Å². The van der Waals surface area contributed by atoms with E-state index in [4.69, 9.17) is 9.05 Å². The highest BCUT2D eigenvalue weighted by Gasteiger charge is 2.48. The first-order valence-electron chi connectivity index (χ1n) is 12.0. The molecule has 0 bridgehead atoms. The molecule has 0 radical (unpaired) electrons. The van der Waals surface area contributed by atoms with E-state index >= 15 is 0 Å². The van der Waals surface area contributed by atoms with Crippen molar-refractivity contribution in [2.24, 2.45) is 0 Å². The number of likely N-dealkylation sites (tertiary alicyclic amines) is 1. The zero-order valence-electron chi connectivity index (χ0n) is 20.8. The van der Waals surface area contributed by atoms with Crippen LogP contribution in [0.3, 0.4) is 0 Å². The number of halogens is 1. The van der Waals surface area contributed by atoms with Gasteiger partial charge in [0.25, 0.3) is 0 Å². The zero-order chi connectivity index (χ0) is 25.7. The van der Waals surface area contributed by atoms with Crippen LogP contribution >= 0.6 is 20.0 Å². The van der Waals surface area contributed by atoms with Crippen molar-refractivity contribution < 1.29 is 28.0 Å². The van der Waals surface area contributed by atoms with Gasteiger partial charge >= 0.3 is 7.60 Å². The number of anilines is 2. The molecule has 2 aromatic carbocycles. The van der Waals surface area contributed by atoms with E-state index in [2.05, 4.69) is 16.0 Å². The number of nitrogens with zero attached hydrogens (tertiary/aromatic N) is 1. The molecule has 0 saturated carbocycles. The monoisotopic (exact) mass is 550 g/mol. The molecule has 4 rings (SSSR count). The number of carbonyl (C=O) groups is 3. The lowest BCUT2D eigenvalue weighted by atomic mass is 10.2. The standard InChI is InChI=1S/C25H31N4O6P.ClH/c1-17(30)27-19-7-11-21(12-8-19)34-36(33,35-22-13-9-20(10-14-22)28-18(2)31)24-6-4-16-29(24)25(32)23-5-3-15-26-23;/h7-14,23-24,26H,3-6,15-16H2,1-2H3,(H,27,30)(H,28,31);1H/t23-,24?;/m0./s1. The van der Waals surface area contributed by atoms with Gasteiger partial charge in [-0.15, -0.1) is 12.4 Å². The Balaban J connectivity index is 0.00000380. The molecular formula is C25H32ClN4O6P. The van der Waals surface area contributed by atoms with Gasteiger partial charge in [0.15, 0.2) is 5.78 Å². The van der Waals surface area contributed by atoms with Crippen molar-refractivity contribution in [2.75, 3.05) is 23.7 Å². The number of amides is 3. The van der Waals surface area contributed by atoms with Crippen LogP contribution in [0, 0.1) is 0 Å². The van der Waals surface area contributed by atoms with Crippen molar-refractivity contribution in [3.05, 3.63) is 48.5 Å². The summed E-state index contributed by atoms with van der Waals surface area (Å²) in [6.07, 6.45) is 2.82. The quantitative estimate of drug-likeness (QED) is 0.416. The Morgan fingerprint density at radius 2 is 1.38 bits per heavy atom. The van der Waals surface area contributed by atoms with Gasteiger partial charge in [-0.2, -0.15) is 0 Å². The minimum absolute atomic E-state index is 0. The lowest BCUT2D eigenvalue weighted by Crippen LogP contribution is -2.46. The van der Waals surface area contributed by atoms with Crippen molar-refractivity contribution in [1.29, 1.82) is 0 Å². The average Bonchev–Trinajstić information content (AvgIpc) is 3.54. The fourth-order valence-corrected chi connectivity index (χ4v) is 6.65. The maximum atomic E-state index is 14.4. The summed E-state index contributed by atoms with van der Waals surface area (Å²) in [4.78, 5) is 37.5. The third kappa shape index (κ3) is 7.25. The predicted octanol–water partition coefficient (Wildman–Crippen LogP) is 4.38. The van der Waals surface area contributed by atoms with E-state index in [-0.39, 0.29) is 36.2 Å². The molecule has 37 heavy (non-hydrogen) atoms. The fraction of sp³-hybridized carbons (Fsp3) is 0.400. The molecule has 2 saturated heterocycles. The Labute approximate surface area is 222 Å². The molecule has 2 atom stereocenters. The first-order chi connectivity index (χ1) is 17.2. The Morgan fingerprint density at radius 3 is 1.81 bits per heavy atom. The summed E-state index contributed by atoms with van der Waals surface area (Å²) >= 11 is 0. The molecule has 3 amide bonds. The van der Waals surface area contributed by atoms with Gasteiger partial charge in [0.05, 0.1) is 6.04 Å². The normalized spacial score (nSPS) is 19.0. The van der Waals surface area contributed by atoms with Crippen LogP contribution in [-0.4, -0.2) is 47.5 Å². The van der Waals surface area contributed by atoms with Gasteiger partial charge < -0.3 is 29.9 Å². The molecule has 12 heteroatoms. The van der Waals surface area contributed by atoms with E-state index in [0.29, 0.717) is 42.3 Å². The van der Waals surface area contributed by atoms with E-state index in [1.54, 1.807) is 53.4 Å². The number of hydrogen-bond acceptors (Lipinski definition) is 7. The van der Waals surface area contributed by atoms with Crippen molar-refractivity contribution >= 4 is 49.1 Å². The molecule has 2 heterocycles. The summed E-state index contributed by atoms with van der Waals surface area (Å²) in [7, 11) is -3.94. The Kier molecular flexibility index (Phi) is 9.59. The first kappa shape index (κ1) is 28.5. The maximum Gasteiger partial charge on any atom is 0.453 e. The molecule has 2 fully saturated rings. The Morgan fingerprint density at radius 1 is 0.865 bits per heavy atom. The summed E-state index contributed by atoms with van der Waals surface area (Å²) in [5.74, 6) is -0.676. The minimum Gasteiger partial charge on any atom is -0.415 e. The number of nitrogens with one attached hydrogen (secondary N) is 3. The van der Waals surface area contributed by atoms with Crippen LogP contribution in [0.2, 0.25) is 0 Å². The zero-order valence-corrected chi connectivity index (χ0v) is 22.5. The second kappa shape index (κ2) is 12.4. The Bertz CT molecular complexity index is 1090. The van der Waals surface area contributed by atoms with E-state index < -0.39 is 13.4 Å². The van der Waals surface area contributed by atoms with Crippen molar-refractivity contribution in [3.63, 3.8) is 0 Å². The molecule has 10 nitrogen and oxygen atoms in total. The molecular weight excluding hydrogens is 519 g/mol. The second-order valence-corrected chi connectivity index (χ2v) is 11.0. The minimum atomic E-state index is -3.94. The maximum absolute atomic E-state index is 14.4. The SMILES string of the molecule is CC(=O)Nc1ccc(OP(=O)(Oc2ccc(NC(C)=O)cc2)C2CCCN2C(=O)[C@@H]2CCCN2)cc1.Cl. The van der Waals surface area contributed by atoms with Crippen molar-refractivity contribution in [3.8, 4) is 11.5 Å². The predicted molar refractivity (Wildman–Crippen MR) is 143 cm³/mol. The third-order valence-electron chi connectivity index (χ3n) is 6.04. The summed E-state index contributed by atoms with van der Waals surface area (Å²) in [6.45, 7) is 4.07. The number of hydrogen-bond donors (Lipinski definition) is 3. The van der Waals surface area contributed by atoms with E-state index in [1.165, 1.54) is 13.8 Å². The molecule has 2 aromatic rings. The van der Waals surface area contributed by atoms with Gasteiger partial charge in [-0.1, -0.05) is 0 Å².